The van der Waals surface area contributed by atoms with Crippen LogP contribution in [-0.4, -0.2) is 47.4 Å². The van der Waals surface area contributed by atoms with Crippen molar-refractivity contribution in [2.75, 3.05) is 20.8 Å². The van der Waals surface area contributed by atoms with Crippen molar-refractivity contribution >= 4 is 40.0 Å². The first-order valence-corrected chi connectivity index (χ1v) is 11.6. The summed E-state index contributed by atoms with van der Waals surface area (Å²) in [4.78, 5) is 31.2. The molecule has 4 rings (SSSR count). The van der Waals surface area contributed by atoms with Crippen LogP contribution >= 0.6 is 11.6 Å². The van der Waals surface area contributed by atoms with Gasteiger partial charge >= 0.3 is 0 Å². The molecule has 2 N–H and O–H groups in total. The number of unbranched alkanes of at least 4 members (excludes halogenated alkanes) is 2. The first-order valence-electron chi connectivity index (χ1n) is 11.2. The van der Waals surface area contributed by atoms with Gasteiger partial charge in [0.25, 0.3) is 11.7 Å². The second-order valence-electron chi connectivity index (χ2n) is 8.18. The highest BCUT2D eigenvalue weighted by Crippen LogP contribution is 2.44. The molecule has 34 heavy (non-hydrogen) atoms. The van der Waals surface area contributed by atoms with Gasteiger partial charge in [-0.05, 0) is 18.6 Å². The van der Waals surface area contributed by atoms with E-state index in [2.05, 4.69) is 11.9 Å². The van der Waals surface area contributed by atoms with Crippen LogP contribution in [0.15, 0.2) is 48.2 Å². The smallest absolute Gasteiger partial charge is 0.295 e. The maximum Gasteiger partial charge on any atom is 0.295 e. The summed E-state index contributed by atoms with van der Waals surface area (Å²) in [5.74, 6) is -1.13. The molecule has 178 valence electrons. The minimum Gasteiger partial charge on any atom is -0.507 e. The number of amides is 1. The Kier molecular flexibility index (Phi) is 6.84. The van der Waals surface area contributed by atoms with Crippen molar-refractivity contribution in [3.63, 3.8) is 0 Å². The summed E-state index contributed by atoms with van der Waals surface area (Å²) in [6.07, 6.45) is 4.44. The average Bonchev–Trinajstić information content (AvgIpc) is 3.37. The Morgan fingerprint density at radius 2 is 1.85 bits per heavy atom. The number of aliphatic hydroxyl groups excluding tert-OH is 1. The minimum absolute atomic E-state index is 0.00827. The number of para-hydroxylation sites is 1. The molecule has 0 saturated carbocycles. The van der Waals surface area contributed by atoms with E-state index in [0.29, 0.717) is 17.3 Å². The fourth-order valence-corrected chi connectivity index (χ4v) is 4.71. The maximum atomic E-state index is 13.3. The van der Waals surface area contributed by atoms with Crippen LogP contribution in [0.4, 0.5) is 0 Å². The number of rotatable bonds is 8. The number of aliphatic hydroxyl groups is 1. The molecule has 7 nitrogen and oxygen atoms in total. The quantitative estimate of drug-likeness (QED) is 0.193. The molecule has 1 unspecified atom stereocenters. The number of likely N-dealkylation sites (tertiary alicyclic amines) is 1. The van der Waals surface area contributed by atoms with Crippen LogP contribution in [-0.2, 0) is 9.59 Å². The first-order chi connectivity index (χ1) is 16.4. The van der Waals surface area contributed by atoms with Gasteiger partial charge in [0, 0.05) is 35.3 Å². The number of aromatic nitrogens is 1. The second kappa shape index (κ2) is 9.81. The van der Waals surface area contributed by atoms with Gasteiger partial charge in [-0.2, -0.15) is 0 Å². The summed E-state index contributed by atoms with van der Waals surface area (Å²) in [5.41, 5.74) is 1.85. The zero-order valence-electron chi connectivity index (χ0n) is 19.4. The van der Waals surface area contributed by atoms with Crippen LogP contribution in [0.5, 0.6) is 11.5 Å². The number of halogens is 1. The first kappa shape index (κ1) is 23.7. The molecule has 3 aromatic rings. The Morgan fingerprint density at radius 1 is 1.12 bits per heavy atom. The number of benzene rings is 2. The van der Waals surface area contributed by atoms with E-state index in [1.807, 2.05) is 24.3 Å². The summed E-state index contributed by atoms with van der Waals surface area (Å²) >= 11 is 6.23. The molecule has 0 aliphatic carbocycles. The second-order valence-corrected chi connectivity index (χ2v) is 8.58. The zero-order chi connectivity index (χ0) is 24.4. The number of nitrogens with one attached hydrogen (secondary N) is 1. The number of carbonyl (C=O) groups is 2. The number of carbonyl (C=O) groups excluding carboxylic acids is 2. The highest BCUT2D eigenvalue weighted by atomic mass is 35.5. The predicted molar refractivity (Wildman–Crippen MR) is 131 cm³/mol. The Morgan fingerprint density at radius 3 is 2.56 bits per heavy atom. The molecular weight excluding hydrogens is 456 g/mol. The molecule has 1 amide bonds. The fraction of sp³-hybridized carbons (Fsp3) is 0.308. The number of Topliss-reactive ketones (excluding diaryl/α,β-unsaturated/α-hetero) is 1. The molecule has 2 aromatic carbocycles. The van der Waals surface area contributed by atoms with Gasteiger partial charge in [-0.3, -0.25) is 9.59 Å². The van der Waals surface area contributed by atoms with Crippen LogP contribution in [0.2, 0.25) is 5.02 Å². The zero-order valence-corrected chi connectivity index (χ0v) is 20.1. The predicted octanol–water partition coefficient (Wildman–Crippen LogP) is 5.45. The van der Waals surface area contributed by atoms with Gasteiger partial charge in [-0.25, -0.2) is 0 Å². The van der Waals surface area contributed by atoms with Gasteiger partial charge in [-0.15, -0.1) is 0 Å². The van der Waals surface area contributed by atoms with Crippen LogP contribution in [0.25, 0.3) is 16.7 Å². The van der Waals surface area contributed by atoms with Crippen molar-refractivity contribution in [1.82, 2.24) is 9.88 Å². The summed E-state index contributed by atoms with van der Waals surface area (Å²) in [7, 11) is 2.89. The van der Waals surface area contributed by atoms with Crippen molar-refractivity contribution < 1.29 is 24.2 Å². The van der Waals surface area contributed by atoms with Gasteiger partial charge < -0.3 is 24.5 Å². The normalized spacial score (nSPS) is 17.5. The van der Waals surface area contributed by atoms with E-state index in [0.717, 1.165) is 35.7 Å². The standard InChI is InChI=1S/C26H27ClN2O5/c1-4-5-8-11-29-23(17-14-28-19-10-7-6-9-15(17)19)22(25(31)26(29)32)24(30)16-12-21(34-3)18(27)13-20(16)33-2/h6-7,9-10,12-14,23,28,30H,4-5,8,11H2,1-3H3/b24-22+. The van der Waals surface area contributed by atoms with Crippen molar-refractivity contribution in [2.24, 2.45) is 0 Å². The summed E-state index contributed by atoms with van der Waals surface area (Å²) in [5, 5.41) is 12.6. The largest absolute Gasteiger partial charge is 0.507 e. The number of fused-ring (bicyclic) bond motifs is 1. The summed E-state index contributed by atoms with van der Waals surface area (Å²) < 4.78 is 10.7. The van der Waals surface area contributed by atoms with Gasteiger partial charge in [0.2, 0.25) is 0 Å². The Labute approximate surface area is 202 Å². The number of ether oxygens (including phenoxy) is 2. The van der Waals surface area contributed by atoms with Crippen molar-refractivity contribution in [1.29, 1.82) is 0 Å². The van der Waals surface area contributed by atoms with Crippen LogP contribution in [0.3, 0.4) is 0 Å². The van der Waals surface area contributed by atoms with Gasteiger partial charge in [-0.1, -0.05) is 49.6 Å². The lowest BCUT2D eigenvalue weighted by Crippen LogP contribution is -2.30. The third-order valence-corrected chi connectivity index (χ3v) is 6.48. The molecule has 0 bridgehead atoms. The molecule has 1 atom stereocenters. The lowest BCUT2D eigenvalue weighted by Gasteiger charge is -2.25. The Balaban J connectivity index is 1.94. The lowest BCUT2D eigenvalue weighted by atomic mass is 9.94. The molecule has 8 heteroatoms. The third kappa shape index (κ3) is 4.01. The van der Waals surface area contributed by atoms with Crippen molar-refractivity contribution in [2.45, 2.75) is 32.2 Å². The molecular formula is C26H27ClN2O5. The van der Waals surface area contributed by atoms with E-state index >= 15 is 0 Å². The van der Waals surface area contributed by atoms with Crippen LogP contribution in [0.1, 0.15) is 43.4 Å². The van der Waals surface area contributed by atoms with E-state index in [1.54, 1.807) is 11.1 Å². The molecule has 0 spiro atoms. The van der Waals surface area contributed by atoms with Crippen molar-refractivity contribution in [3.05, 3.63) is 64.3 Å². The minimum atomic E-state index is -0.751. The topological polar surface area (TPSA) is 91.9 Å². The third-order valence-electron chi connectivity index (χ3n) is 6.19. The number of H-pyrrole nitrogens is 1. The van der Waals surface area contributed by atoms with Gasteiger partial charge in [0.15, 0.2) is 0 Å². The Hall–Kier alpha value is -3.45. The number of methoxy groups -OCH3 is 2. The van der Waals surface area contributed by atoms with Crippen molar-refractivity contribution in [3.8, 4) is 11.5 Å². The number of ketones is 1. The molecule has 1 aliphatic heterocycles. The van der Waals surface area contributed by atoms with Crippen LogP contribution < -0.4 is 9.47 Å². The highest BCUT2D eigenvalue weighted by molar-refractivity contribution is 6.46. The summed E-state index contributed by atoms with van der Waals surface area (Å²) in [6, 6.07) is 9.93. The molecule has 1 aromatic heterocycles. The number of nitrogens with zero attached hydrogens (tertiary/aromatic N) is 1. The molecule has 0 radical (unpaired) electrons. The Bertz CT molecular complexity index is 1280. The van der Waals surface area contributed by atoms with E-state index < -0.39 is 17.7 Å². The van der Waals surface area contributed by atoms with Gasteiger partial charge in [0.1, 0.15) is 17.3 Å². The van der Waals surface area contributed by atoms with E-state index in [-0.39, 0.29) is 22.6 Å². The molecule has 2 heterocycles. The number of aromatic amines is 1. The van der Waals surface area contributed by atoms with E-state index in [1.165, 1.54) is 26.4 Å². The van der Waals surface area contributed by atoms with E-state index in [9.17, 15) is 14.7 Å². The molecule has 1 saturated heterocycles. The monoisotopic (exact) mass is 482 g/mol. The highest BCUT2D eigenvalue weighted by Gasteiger charge is 2.46. The molecule has 1 aliphatic rings. The fourth-order valence-electron chi connectivity index (χ4n) is 4.48. The lowest BCUT2D eigenvalue weighted by molar-refractivity contribution is -0.139. The van der Waals surface area contributed by atoms with Crippen LogP contribution in [0, 0.1) is 0 Å². The average molecular weight is 483 g/mol. The summed E-state index contributed by atoms with van der Waals surface area (Å²) in [6.45, 7) is 2.48. The number of hydrogen-bond acceptors (Lipinski definition) is 5. The maximum absolute atomic E-state index is 13.3. The van der Waals surface area contributed by atoms with E-state index in [4.69, 9.17) is 21.1 Å². The van der Waals surface area contributed by atoms with Gasteiger partial charge in [0.05, 0.1) is 36.4 Å². The number of hydrogen-bond donors (Lipinski definition) is 2. The SMILES string of the molecule is CCCCCN1C(=O)C(=O)/C(=C(/O)c2cc(OC)c(Cl)cc2OC)C1c1c[nH]c2ccccc12. The molecule has 1 fully saturated rings.